The van der Waals surface area contributed by atoms with E-state index >= 15 is 0 Å². The summed E-state index contributed by atoms with van der Waals surface area (Å²) in [5, 5.41) is 9.70. The van der Waals surface area contributed by atoms with Crippen LogP contribution in [-0.4, -0.2) is 69.1 Å². The third-order valence-electron chi connectivity index (χ3n) is 5.14. The third-order valence-corrected chi connectivity index (χ3v) is 6.91. The molecule has 0 bridgehead atoms. The van der Waals surface area contributed by atoms with Gasteiger partial charge >= 0.3 is 6.09 Å². The van der Waals surface area contributed by atoms with Crippen molar-refractivity contribution < 1.29 is 27.5 Å². The molecule has 2 heterocycles. The summed E-state index contributed by atoms with van der Waals surface area (Å²) in [4.78, 5) is 25.4. The molecule has 0 radical (unpaired) electrons. The number of carbonyl (C=O) groups excluding carboxylic acids is 2. The highest BCUT2D eigenvalue weighted by atomic mass is 32.2. The van der Waals surface area contributed by atoms with E-state index < -0.39 is 27.8 Å². The van der Waals surface area contributed by atoms with Gasteiger partial charge in [-0.15, -0.1) is 0 Å². The number of aromatic nitrogens is 2. The fraction of sp³-hybridized carbons (Fsp3) is 0.522. The zero-order valence-corrected chi connectivity index (χ0v) is 22.5. The van der Waals surface area contributed by atoms with Gasteiger partial charge in [-0.2, -0.15) is 5.10 Å². The molecule has 1 aliphatic rings. The number of hydrogen-bond donors (Lipinski definition) is 2. The largest absolute Gasteiger partial charge is 0.484 e. The molecule has 0 aliphatic carbocycles. The molecule has 13 heteroatoms. The van der Waals surface area contributed by atoms with Crippen molar-refractivity contribution in [1.82, 2.24) is 15.1 Å². The number of fused-ring (bicyclic) bond motifs is 1. The zero-order chi connectivity index (χ0) is 26.8. The molecule has 2 N–H and O–H groups in total. The summed E-state index contributed by atoms with van der Waals surface area (Å²) >= 11 is 0. The number of anilines is 3. The molecule has 3 rings (SSSR count). The molecule has 198 valence electrons. The molecule has 0 saturated heterocycles. The topological polar surface area (TPSA) is 135 Å². The van der Waals surface area contributed by atoms with Gasteiger partial charge in [-0.1, -0.05) is 0 Å². The van der Waals surface area contributed by atoms with E-state index in [9.17, 15) is 18.0 Å². The summed E-state index contributed by atoms with van der Waals surface area (Å²) in [5.74, 6) is 0.338. The summed E-state index contributed by atoms with van der Waals surface area (Å²) in [6.45, 7) is 9.03. The molecule has 1 aliphatic heterocycles. The van der Waals surface area contributed by atoms with Gasteiger partial charge in [-0.25, -0.2) is 13.2 Å². The molecule has 1 aromatic carbocycles. The predicted octanol–water partition coefficient (Wildman–Crippen LogP) is 2.41. The van der Waals surface area contributed by atoms with Gasteiger partial charge in [0.2, 0.25) is 5.91 Å². The fourth-order valence-electron chi connectivity index (χ4n) is 3.57. The summed E-state index contributed by atoms with van der Waals surface area (Å²) in [6.07, 6.45) is 0.187. The Morgan fingerprint density at radius 3 is 2.56 bits per heavy atom. The van der Waals surface area contributed by atoms with Gasteiger partial charge in [0.15, 0.2) is 5.82 Å². The van der Waals surface area contributed by atoms with Crippen molar-refractivity contribution >= 4 is 39.2 Å². The van der Waals surface area contributed by atoms with E-state index in [-0.39, 0.29) is 29.6 Å². The van der Waals surface area contributed by atoms with E-state index in [2.05, 4.69) is 15.7 Å². The number of nitrogens with zero attached hydrogens (tertiary/aromatic N) is 4. The number of carbonyl (C=O) groups is 2. The van der Waals surface area contributed by atoms with Crippen molar-refractivity contribution in [2.75, 3.05) is 41.7 Å². The number of benzene rings is 1. The van der Waals surface area contributed by atoms with Crippen molar-refractivity contribution in [3.63, 3.8) is 0 Å². The normalized spacial score (nSPS) is 15.5. The highest BCUT2D eigenvalue weighted by Gasteiger charge is 2.38. The summed E-state index contributed by atoms with van der Waals surface area (Å²) in [6, 6.07) is 4.69. The second-order valence-corrected chi connectivity index (χ2v) is 11.4. The van der Waals surface area contributed by atoms with Crippen LogP contribution in [0.25, 0.3) is 0 Å². The molecule has 36 heavy (non-hydrogen) atoms. The maximum absolute atomic E-state index is 14.0. The Balaban J connectivity index is 2.05. The number of amides is 2. The third kappa shape index (κ3) is 6.20. The molecular formula is C23H34N6O6S. The van der Waals surface area contributed by atoms with E-state index in [0.29, 0.717) is 23.8 Å². The Morgan fingerprint density at radius 1 is 1.28 bits per heavy atom. The Labute approximate surface area is 211 Å². The van der Waals surface area contributed by atoms with Crippen LogP contribution in [0.2, 0.25) is 0 Å². The van der Waals surface area contributed by atoms with E-state index in [1.165, 1.54) is 23.5 Å². The van der Waals surface area contributed by atoms with Crippen LogP contribution in [-0.2, 0) is 26.1 Å². The van der Waals surface area contributed by atoms with E-state index in [0.717, 1.165) is 0 Å². The quantitative estimate of drug-likeness (QED) is 0.566. The zero-order valence-electron chi connectivity index (χ0n) is 21.7. The van der Waals surface area contributed by atoms with E-state index in [1.54, 1.807) is 56.6 Å². The first kappa shape index (κ1) is 27.1. The molecule has 0 saturated carbocycles. The van der Waals surface area contributed by atoms with Gasteiger partial charge in [0, 0.05) is 39.4 Å². The predicted molar refractivity (Wildman–Crippen MR) is 136 cm³/mol. The van der Waals surface area contributed by atoms with Gasteiger partial charge in [0.25, 0.3) is 10.0 Å². The van der Waals surface area contributed by atoms with Crippen LogP contribution < -0.4 is 24.6 Å². The molecule has 0 spiro atoms. The lowest BCUT2D eigenvalue weighted by atomic mass is 10.2. The van der Waals surface area contributed by atoms with Crippen LogP contribution >= 0.6 is 0 Å². The first-order chi connectivity index (χ1) is 16.7. The number of hydrogen-bond acceptors (Lipinski definition) is 8. The van der Waals surface area contributed by atoms with Crippen molar-refractivity contribution in [1.29, 1.82) is 0 Å². The van der Waals surface area contributed by atoms with Crippen LogP contribution in [0.4, 0.5) is 22.0 Å². The van der Waals surface area contributed by atoms with Gasteiger partial charge in [-0.3, -0.25) is 19.1 Å². The second-order valence-electron chi connectivity index (χ2n) is 9.59. The number of aryl methyl sites for hydroxylation is 1. The average Bonchev–Trinajstić information content (AvgIpc) is 3.22. The van der Waals surface area contributed by atoms with Crippen LogP contribution in [0.15, 0.2) is 29.3 Å². The van der Waals surface area contributed by atoms with Crippen LogP contribution in [0, 0.1) is 0 Å². The lowest BCUT2D eigenvalue weighted by Crippen LogP contribution is -2.48. The Bertz CT molecular complexity index is 1230. The van der Waals surface area contributed by atoms with Gasteiger partial charge < -0.3 is 19.7 Å². The SMILES string of the molecule is CCn1cc(S(=O)(=O)N2CC(CNC(C)=O)Oc3ccc(NC(=O)OC(C)(C)C)cc32)c(N(C)C)n1. The fourth-order valence-corrected chi connectivity index (χ4v) is 5.28. The van der Waals surface area contributed by atoms with Gasteiger partial charge in [0.1, 0.15) is 22.4 Å². The summed E-state index contributed by atoms with van der Waals surface area (Å²) < 4.78 is 42.1. The van der Waals surface area contributed by atoms with Crippen molar-refractivity contribution in [3.05, 3.63) is 24.4 Å². The smallest absolute Gasteiger partial charge is 0.412 e. The number of rotatable bonds is 7. The molecule has 2 aromatic rings. The minimum absolute atomic E-state index is 0.0333. The van der Waals surface area contributed by atoms with Crippen molar-refractivity contribution in [3.8, 4) is 5.75 Å². The number of sulfonamides is 1. The van der Waals surface area contributed by atoms with Crippen LogP contribution in [0.3, 0.4) is 0 Å². The Morgan fingerprint density at radius 2 is 1.97 bits per heavy atom. The highest BCUT2D eigenvalue weighted by Crippen LogP contribution is 2.40. The Kier molecular flexibility index (Phi) is 7.72. The number of ether oxygens (including phenoxy) is 2. The molecule has 12 nitrogen and oxygen atoms in total. The Hall–Kier alpha value is -3.48. The van der Waals surface area contributed by atoms with E-state index in [1.807, 2.05) is 6.92 Å². The first-order valence-electron chi connectivity index (χ1n) is 11.5. The molecule has 1 unspecified atom stereocenters. The van der Waals surface area contributed by atoms with Crippen molar-refractivity contribution in [2.24, 2.45) is 0 Å². The molecule has 0 fully saturated rings. The van der Waals surface area contributed by atoms with Gasteiger partial charge in [-0.05, 0) is 45.9 Å². The van der Waals surface area contributed by atoms with Gasteiger partial charge in [0.05, 0.1) is 18.8 Å². The molecule has 1 atom stereocenters. The van der Waals surface area contributed by atoms with E-state index in [4.69, 9.17) is 9.47 Å². The summed E-state index contributed by atoms with van der Waals surface area (Å²) in [5.41, 5.74) is -0.115. The average molecular weight is 523 g/mol. The maximum atomic E-state index is 14.0. The van der Waals surface area contributed by atoms with Crippen LogP contribution in [0.5, 0.6) is 5.75 Å². The molecule has 2 amide bonds. The second kappa shape index (κ2) is 10.2. The minimum atomic E-state index is -4.11. The first-order valence-corrected chi connectivity index (χ1v) is 13.0. The number of nitrogens with one attached hydrogen (secondary N) is 2. The monoisotopic (exact) mass is 522 g/mol. The highest BCUT2D eigenvalue weighted by molar-refractivity contribution is 7.93. The lowest BCUT2D eigenvalue weighted by Gasteiger charge is -2.35. The van der Waals surface area contributed by atoms with Crippen LogP contribution in [0.1, 0.15) is 34.6 Å². The summed E-state index contributed by atoms with van der Waals surface area (Å²) in [7, 11) is -0.676. The molecule has 1 aromatic heterocycles. The lowest BCUT2D eigenvalue weighted by molar-refractivity contribution is -0.119. The van der Waals surface area contributed by atoms with Crippen molar-refractivity contribution in [2.45, 2.75) is 57.8 Å². The molecular weight excluding hydrogens is 488 g/mol. The standard InChI is InChI=1S/C23H34N6O6S/c1-8-28-14-20(21(26-28)27(6)7)36(32,33)29-13-17(12-24-15(2)30)34-19-10-9-16(11-18(19)29)25-22(31)35-23(3,4)5/h9-11,14,17H,8,12-13H2,1-7H3,(H,24,30)(H,25,31). The maximum Gasteiger partial charge on any atom is 0.412 e. The minimum Gasteiger partial charge on any atom is -0.484 e.